The number of thioether (sulfide) groups is 1. The predicted molar refractivity (Wildman–Crippen MR) is 73.4 cm³/mol. The molecule has 0 fully saturated rings. The molecule has 94 valence electrons. The van der Waals surface area contributed by atoms with Crippen LogP contribution in [0.2, 0.25) is 0 Å². The molecule has 1 heterocycles. The van der Waals surface area contributed by atoms with E-state index in [0.717, 1.165) is 10.6 Å². The maximum Gasteiger partial charge on any atom is 0.244 e. The van der Waals surface area contributed by atoms with Gasteiger partial charge in [0.2, 0.25) is 5.91 Å². The zero-order chi connectivity index (χ0) is 13.3. The fraction of sp³-hybridized carbons (Fsp3) is 0.385. The van der Waals surface area contributed by atoms with Crippen LogP contribution in [0.5, 0.6) is 0 Å². The van der Waals surface area contributed by atoms with Crippen LogP contribution >= 0.6 is 11.8 Å². The van der Waals surface area contributed by atoms with E-state index < -0.39 is 4.75 Å². The maximum absolute atomic E-state index is 12.4. The molecule has 2 N–H and O–H groups in total. The van der Waals surface area contributed by atoms with Crippen molar-refractivity contribution in [2.45, 2.75) is 29.9 Å². The summed E-state index contributed by atoms with van der Waals surface area (Å²) in [4.78, 5) is 15.0. The van der Waals surface area contributed by atoms with Crippen molar-refractivity contribution < 1.29 is 4.79 Å². The monoisotopic (exact) mass is 261 g/mol. The first kappa shape index (κ1) is 12.8. The van der Waals surface area contributed by atoms with Crippen molar-refractivity contribution in [1.29, 1.82) is 5.26 Å². The number of amides is 1. The van der Waals surface area contributed by atoms with Crippen LogP contribution in [-0.2, 0) is 4.79 Å². The summed E-state index contributed by atoms with van der Waals surface area (Å²) >= 11 is 1.53. The molecule has 1 aliphatic rings. The molecular formula is C13H15N3OS. The van der Waals surface area contributed by atoms with Crippen molar-refractivity contribution in [3.8, 4) is 6.07 Å². The van der Waals surface area contributed by atoms with Crippen LogP contribution in [0.15, 0.2) is 23.1 Å². The van der Waals surface area contributed by atoms with Crippen LogP contribution in [0.4, 0.5) is 11.4 Å². The third kappa shape index (κ3) is 1.93. The van der Waals surface area contributed by atoms with Crippen LogP contribution in [0, 0.1) is 11.3 Å². The van der Waals surface area contributed by atoms with Gasteiger partial charge in [-0.1, -0.05) is 6.92 Å². The van der Waals surface area contributed by atoms with E-state index in [2.05, 4.69) is 0 Å². The third-order valence-electron chi connectivity index (χ3n) is 3.21. The molecule has 5 heteroatoms. The van der Waals surface area contributed by atoms with Gasteiger partial charge < -0.3 is 5.73 Å². The van der Waals surface area contributed by atoms with Crippen molar-refractivity contribution >= 4 is 29.0 Å². The zero-order valence-electron chi connectivity index (χ0n) is 10.4. The van der Waals surface area contributed by atoms with Gasteiger partial charge in [-0.15, -0.1) is 11.8 Å². The van der Waals surface area contributed by atoms with Gasteiger partial charge in [-0.2, -0.15) is 5.26 Å². The van der Waals surface area contributed by atoms with Crippen molar-refractivity contribution in [2.75, 3.05) is 17.2 Å². The molecule has 1 aromatic rings. The van der Waals surface area contributed by atoms with E-state index in [1.165, 1.54) is 11.8 Å². The van der Waals surface area contributed by atoms with Gasteiger partial charge in [-0.3, -0.25) is 9.69 Å². The van der Waals surface area contributed by atoms with Crippen molar-refractivity contribution in [3.05, 3.63) is 18.2 Å². The Balaban J connectivity index is 2.55. The fourth-order valence-corrected chi connectivity index (χ4v) is 3.27. The van der Waals surface area contributed by atoms with Gasteiger partial charge in [0.1, 0.15) is 6.54 Å². The first-order chi connectivity index (χ1) is 8.51. The molecular weight excluding hydrogens is 246 g/mol. The summed E-state index contributed by atoms with van der Waals surface area (Å²) in [6.45, 7) is 3.97. The highest BCUT2D eigenvalue weighted by molar-refractivity contribution is 8.01. The molecule has 0 aliphatic carbocycles. The Morgan fingerprint density at radius 3 is 2.89 bits per heavy atom. The van der Waals surface area contributed by atoms with Crippen LogP contribution in [-0.4, -0.2) is 17.2 Å². The molecule has 1 aromatic carbocycles. The van der Waals surface area contributed by atoms with Crippen LogP contribution < -0.4 is 10.6 Å². The van der Waals surface area contributed by atoms with E-state index in [-0.39, 0.29) is 12.5 Å². The van der Waals surface area contributed by atoms with Crippen molar-refractivity contribution in [2.24, 2.45) is 0 Å². The lowest BCUT2D eigenvalue weighted by Crippen LogP contribution is -2.48. The number of rotatable bonds is 2. The van der Waals surface area contributed by atoms with Crippen molar-refractivity contribution in [3.63, 3.8) is 0 Å². The highest BCUT2D eigenvalue weighted by Crippen LogP contribution is 2.47. The number of nitrogens with two attached hydrogens (primary N) is 1. The van der Waals surface area contributed by atoms with Crippen LogP contribution in [0.3, 0.4) is 0 Å². The van der Waals surface area contributed by atoms with Gasteiger partial charge in [-0.25, -0.2) is 0 Å². The number of nitrogens with zero attached hydrogens (tertiary/aromatic N) is 2. The number of nitriles is 1. The number of anilines is 2. The number of carbonyl (C=O) groups is 1. The van der Waals surface area contributed by atoms with Gasteiger partial charge in [-0.05, 0) is 31.5 Å². The second kappa shape index (κ2) is 4.54. The summed E-state index contributed by atoms with van der Waals surface area (Å²) in [6.07, 6.45) is 0.715. The maximum atomic E-state index is 12.4. The summed E-state index contributed by atoms with van der Waals surface area (Å²) in [6, 6.07) is 7.48. The minimum atomic E-state index is -0.516. The Morgan fingerprint density at radius 1 is 1.56 bits per heavy atom. The normalized spacial score (nSPS) is 22.5. The Hall–Kier alpha value is -1.67. The lowest BCUT2D eigenvalue weighted by molar-refractivity contribution is -0.120. The summed E-state index contributed by atoms with van der Waals surface area (Å²) in [5.41, 5.74) is 7.24. The molecule has 0 radical (unpaired) electrons. The molecule has 0 spiro atoms. The Labute approximate surface area is 111 Å². The highest BCUT2D eigenvalue weighted by Gasteiger charge is 2.42. The summed E-state index contributed by atoms with van der Waals surface area (Å²) in [5.74, 6) is -0.00572. The lowest BCUT2D eigenvalue weighted by Gasteiger charge is -2.38. The lowest BCUT2D eigenvalue weighted by atomic mass is 10.1. The van der Waals surface area contributed by atoms with E-state index >= 15 is 0 Å². The number of fused-ring (bicyclic) bond motifs is 1. The molecule has 1 amide bonds. The fourth-order valence-electron chi connectivity index (χ4n) is 1.97. The summed E-state index contributed by atoms with van der Waals surface area (Å²) < 4.78 is -0.516. The number of benzene rings is 1. The van der Waals surface area contributed by atoms with Crippen LogP contribution in [0.25, 0.3) is 0 Å². The highest BCUT2D eigenvalue weighted by atomic mass is 32.2. The quantitative estimate of drug-likeness (QED) is 0.655. The largest absolute Gasteiger partial charge is 0.399 e. The first-order valence-corrected chi connectivity index (χ1v) is 6.61. The first-order valence-electron chi connectivity index (χ1n) is 5.79. The van der Waals surface area contributed by atoms with Crippen LogP contribution in [0.1, 0.15) is 20.3 Å². The molecule has 18 heavy (non-hydrogen) atoms. The van der Waals surface area contributed by atoms with E-state index in [4.69, 9.17) is 11.0 Å². The van der Waals surface area contributed by atoms with Crippen molar-refractivity contribution in [1.82, 2.24) is 0 Å². The number of carbonyl (C=O) groups excluding carboxylic acids is 1. The molecule has 0 aromatic heterocycles. The second-order valence-corrected chi connectivity index (χ2v) is 6.01. The topological polar surface area (TPSA) is 70.1 Å². The third-order valence-corrected chi connectivity index (χ3v) is 4.67. The Kier molecular flexibility index (Phi) is 3.22. The molecule has 4 nitrogen and oxygen atoms in total. The average Bonchev–Trinajstić information content (AvgIpc) is 2.35. The van der Waals surface area contributed by atoms with E-state index in [1.807, 2.05) is 32.0 Å². The van der Waals surface area contributed by atoms with E-state index in [0.29, 0.717) is 12.1 Å². The molecule has 0 saturated carbocycles. The standard InChI is InChI=1S/C13H15N3OS/c1-3-13(2)12(17)16(7-6-14)10-5-4-9(15)8-11(10)18-13/h4-5,8H,3,7,15H2,1-2H3. The van der Waals surface area contributed by atoms with Gasteiger partial charge in [0, 0.05) is 10.6 Å². The average molecular weight is 261 g/mol. The van der Waals surface area contributed by atoms with Gasteiger partial charge in [0.15, 0.2) is 0 Å². The van der Waals surface area contributed by atoms with Gasteiger partial charge in [0.25, 0.3) is 0 Å². The minimum absolute atomic E-state index is 0.00572. The predicted octanol–water partition coefficient (Wildman–Crippen LogP) is 2.40. The van der Waals surface area contributed by atoms with E-state index in [9.17, 15) is 4.79 Å². The van der Waals surface area contributed by atoms with Gasteiger partial charge in [0.05, 0.1) is 16.5 Å². The Morgan fingerprint density at radius 2 is 2.28 bits per heavy atom. The molecule has 1 aliphatic heterocycles. The minimum Gasteiger partial charge on any atom is -0.399 e. The number of nitrogen functional groups attached to an aromatic ring is 1. The molecule has 0 saturated heterocycles. The SMILES string of the molecule is CCC1(C)Sc2cc(N)ccc2N(CC#N)C1=O. The number of hydrogen-bond acceptors (Lipinski definition) is 4. The molecule has 1 unspecified atom stereocenters. The number of hydrogen-bond donors (Lipinski definition) is 1. The molecule has 2 rings (SSSR count). The summed E-state index contributed by atoms with van der Waals surface area (Å²) in [7, 11) is 0. The second-order valence-electron chi connectivity index (χ2n) is 4.46. The molecule has 1 atom stereocenters. The van der Waals surface area contributed by atoms with E-state index in [1.54, 1.807) is 11.0 Å². The molecule has 0 bridgehead atoms. The Bertz CT molecular complexity index is 538. The van der Waals surface area contributed by atoms with Gasteiger partial charge >= 0.3 is 0 Å². The zero-order valence-corrected chi connectivity index (χ0v) is 11.3. The summed E-state index contributed by atoms with van der Waals surface area (Å²) in [5, 5.41) is 8.88. The smallest absolute Gasteiger partial charge is 0.244 e.